The van der Waals surface area contributed by atoms with E-state index in [1.807, 2.05) is 0 Å². The van der Waals surface area contributed by atoms with Crippen molar-refractivity contribution in [2.24, 2.45) is 5.92 Å². The Labute approximate surface area is 120 Å². The van der Waals surface area contributed by atoms with Crippen LogP contribution in [0.4, 0.5) is 0 Å². The van der Waals surface area contributed by atoms with E-state index in [2.05, 4.69) is 22.6 Å². The van der Waals surface area contributed by atoms with Gasteiger partial charge in [0.1, 0.15) is 0 Å². The molecule has 2 fully saturated rings. The summed E-state index contributed by atoms with van der Waals surface area (Å²) >= 11 is 2.14. The minimum absolute atomic E-state index is 0.242. The minimum Gasteiger partial charge on any atom is -0.387 e. The number of sulfonamides is 1. The van der Waals surface area contributed by atoms with Crippen molar-refractivity contribution in [1.29, 1.82) is 0 Å². The molecule has 4 nitrogen and oxygen atoms in total. The number of β-amino-alcohol motifs (C(OH)–C–C–N with tert-alkyl or cyclic N) is 1. The van der Waals surface area contributed by atoms with Gasteiger partial charge >= 0.3 is 0 Å². The highest BCUT2D eigenvalue weighted by Gasteiger charge is 2.55. The molecule has 0 atom stereocenters. The molecule has 1 aromatic carbocycles. The van der Waals surface area contributed by atoms with Crippen molar-refractivity contribution in [3.8, 4) is 0 Å². The summed E-state index contributed by atoms with van der Waals surface area (Å²) in [7, 11) is -3.43. The van der Waals surface area contributed by atoms with Crippen molar-refractivity contribution in [3.63, 3.8) is 0 Å². The third-order valence-electron chi connectivity index (χ3n) is 3.69. The van der Waals surface area contributed by atoms with Crippen LogP contribution in [0, 0.1) is 9.49 Å². The highest BCUT2D eigenvalue weighted by molar-refractivity contribution is 14.1. The third-order valence-corrected chi connectivity index (χ3v) is 6.21. The van der Waals surface area contributed by atoms with Gasteiger partial charge in [0.25, 0.3) is 0 Å². The minimum atomic E-state index is -3.43. The number of nitrogens with zero attached hydrogens (tertiary/aromatic N) is 1. The average molecular weight is 379 g/mol. The normalized spacial score (nSPS) is 23.7. The number of halogens is 1. The van der Waals surface area contributed by atoms with Gasteiger partial charge in [0, 0.05) is 16.7 Å². The molecule has 1 saturated carbocycles. The molecular formula is C12H14INO3S. The Balaban J connectivity index is 1.78. The molecule has 1 heterocycles. The number of hydrogen-bond donors (Lipinski definition) is 1. The van der Waals surface area contributed by atoms with Gasteiger partial charge in [0.2, 0.25) is 10.0 Å². The van der Waals surface area contributed by atoms with Crippen LogP contribution in [0.2, 0.25) is 0 Å². The fourth-order valence-corrected chi connectivity index (χ4v) is 4.29. The van der Waals surface area contributed by atoms with E-state index in [4.69, 9.17) is 0 Å². The molecule has 0 aromatic heterocycles. The number of aliphatic hydroxyl groups is 1. The monoisotopic (exact) mass is 379 g/mol. The Bertz CT molecular complexity index is 559. The molecular weight excluding hydrogens is 365 g/mol. The van der Waals surface area contributed by atoms with Crippen LogP contribution in [0.5, 0.6) is 0 Å². The molecule has 1 aliphatic heterocycles. The van der Waals surface area contributed by atoms with E-state index < -0.39 is 15.6 Å². The molecule has 0 unspecified atom stereocenters. The lowest BCUT2D eigenvalue weighted by molar-refractivity contribution is -0.0764. The van der Waals surface area contributed by atoms with E-state index in [0.717, 1.165) is 16.4 Å². The van der Waals surface area contributed by atoms with Crippen molar-refractivity contribution < 1.29 is 13.5 Å². The van der Waals surface area contributed by atoms with Crippen molar-refractivity contribution >= 4 is 32.6 Å². The molecule has 0 radical (unpaired) electrons. The largest absolute Gasteiger partial charge is 0.387 e. The quantitative estimate of drug-likeness (QED) is 0.809. The van der Waals surface area contributed by atoms with Crippen molar-refractivity contribution in [2.75, 3.05) is 13.1 Å². The van der Waals surface area contributed by atoms with Gasteiger partial charge in [-0.25, -0.2) is 8.42 Å². The topological polar surface area (TPSA) is 57.6 Å². The predicted molar refractivity (Wildman–Crippen MR) is 75.6 cm³/mol. The van der Waals surface area contributed by atoms with E-state index in [1.54, 1.807) is 24.3 Å². The maximum atomic E-state index is 12.3. The summed E-state index contributed by atoms with van der Waals surface area (Å²) < 4.78 is 26.9. The van der Waals surface area contributed by atoms with E-state index in [1.165, 1.54) is 4.31 Å². The van der Waals surface area contributed by atoms with Crippen LogP contribution in [0.3, 0.4) is 0 Å². The Kier molecular flexibility index (Phi) is 2.96. The van der Waals surface area contributed by atoms with Crippen LogP contribution in [0.1, 0.15) is 12.8 Å². The van der Waals surface area contributed by atoms with Gasteiger partial charge in [-0.2, -0.15) is 4.31 Å². The summed E-state index contributed by atoms with van der Waals surface area (Å²) in [6, 6.07) is 6.79. The van der Waals surface area contributed by atoms with Gasteiger partial charge in [-0.05, 0) is 65.6 Å². The Morgan fingerprint density at radius 3 is 2.28 bits per heavy atom. The highest BCUT2D eigenvalue weighted by Crippen LogP contribution is 2.45. The van der Waals surface area contributed by atoms with Gasteiger partial charge in [-0.3, -0.25) is 0 Å². The molecule has 1 saturated heterocycles. The Hall–Kier alpha value is -0.180. The molecule has 0 bridgehead atoms. The first-order valence-corrected chi connectivity index (χ1v) is 8.42. The molecule has 1 aromatic rings. The molecule has 0 spiro atoms. The van der Waals surface area contributed by atoms with Crippen LogP contribution >= 0.6 is 22.6 Å². The second kappa shape index (κ2) is 4.16. The maximum Gasteiger partial charge on any atom is 0.243 e. The lowest BCUT2D eigenvalue weighted by Crippen LogP contribution is -2.64. The number of hydrogen-bond acceptors (Lipinski definition) is 3. The second-order valence-electron chi connectivity index (χ2n) is 5.10. The van der Waals surface area contributed by atoms with Crippen molar-refractivity contribution in [1.82, 2.24) is 4.31 Å². The van der Waals surface area contributed by atoms with Crippen LogP contribution < -0.4 is 0 Å². The molecule has 6 heteroatoms. The van der Waals surface area contributed by atoms with Crippen LogP contribution in [0.25, 0.3) is 0 Å². The van der Waals surface area contributed by atoms with Crippen LogP contribution in [-0.2, 0) is 10.0 Å². The van der Waals surface area contributed by atoms with Gasteiger partial charge in [0.05, 0.1) is 10.5 Å². The Morgan fingerprint density at radius 1 is 1.22 bits per heavy atom. The first-order valence-electron chi connectivity index (χ1n) is 5.90. The standard InChI is InChI=1S/C12H14INO3S/c13-10-3-5-11(6-4-10)18(16,17)14-7-12(15,8-14)9-1-2-9/h3-6,9,15H,1-2,7-8H2. The lowest BCUT2D eigenvalue weighted by Gasteiger charge is -2.45. The van der Waals surface area contributed by atoms with Gasteiger partial charge in [0.15, 0.2) is 0 Å². The molecule has 98 valence electrons. The third kappa shape index (κ3) is 2.09. The van der Waals surface area contributed by atoms with Gasteiger partial charge in [-0.15, -0.1) is 0 Å². The summed E-state index contributed by atoms with van der Waals surface area (Å²) in [5.41, 5.74) is -0.768. The molecule has 1 aliphatic carbocycles. The molecule has 3 rings (SSSR count). The average Bonchev–Trinajstić information content (AvgIpc) is 3.09. The summed E-state index contributed by atoms with van der Waals surface area (Å²) in [4.78, 5) is 0.306. The molecule has 2 aliphatic rings. The molecule has 0 amide bonds. The molecule has 18 heavy (non-hydrogen) atoms. The fourth-order valence-electron chi connectivity index (χ4n) is 2.37. The van der Waals surface area contributed by atoms with Crippen molar-refractivity contribution in [2.45, 2.75) is 23.3 Å². The van der Waals surface area contributed by atoms with Gasteiger partial charge < -0.3 is 5.11 Å². The van der Waals surface area contributed by atoms with E-state index in [-0.39, 0.29) is 13.1 Å². The maximum absolute atomic E-state index is 12.3. The first-order chi connectivity index (χ1) is 8.42. The Morgan fingerprint density at radius 2 is 1.78 bits per heavy atom. The van der Waals surface area contributed by atoms with E-state index in [9.17, 15) is 13.5 Å². The SMILES string of the molecule is O=S(=O)(c1ccc(I)cc1)N1CC(O)(C2CC2)C1. The second-order valence-corrected chi connectivity index (χ2v) is 8.29. The molecule has 1 N–H and O–H groups in total. The zero-order valence-corrected chi connectivity index (χ0v) is 12.7. The number of benzene rings is 1. The van der Waals surface area contributed by atoms with Gasteiger partial charge in [-0.1, -0.05) is 0 Å². The zero-order chi connectivity index (χ0) is 13.0. The predicted octanol–water partition coefficient (Wildman–Crippen LogP) is 1.44. The summed E-state index contributed by atoms with van der Waals surface area (Å²) in [5, 5.41) is 10.2. The summed E-state index contributed by atoms with van der Waals surface area (Å²) in [6.07, 6.45) is 2.04. The van der Waals surface area contributed by atoms with E-state index in [0.29, 0.717) is 10.8 Å². The van der Waals surface area contributed by atoms with Crippen LogP contribution in [-0.4, -0.2) is 36.5 Å². The van der Waals surface area contributed by atoms with Crippen molar-refractivity contribution in [3.05, 3.63) is 27.8 Å². The summed E-state index contributed by atoms with van der Waals surface area (Å²) in [5.74, 6) is 0.306. The highest BCUT2D eigenvalue weighted by atomic mass is 127. The zero-order valence-electron chi connectivity index (χ0n) is 9.71. The number of rotatable bonds is 3. The lowest BCUT2D eigenvalue weighted by atomic mass is 9.91. The fraction of sp³-hybridized carbons (Fsp3) is 0.500. The summed E-state index contributed by atoms with van der Waals surface area (Å²) in [6.45, 7) is 0.484. The smallest absolute Gasteiger partial charge is 0.243 e. The first kappa shape index (κ1) is 12.8. The van der Waals surface area contributed by atoms with E-state index >= 15 is 0 Å². The van der Waals surface area contributed by atoms with Crippen LogP contribution in [0.15, 0.2) is 29.2 Å².